The molecule has 0 heterocycles. The molecule has 0 radical (unpaired) electrons. The first-order valence-electron chi connectivity index (χ1n) is 14.3. The van der Waals surface area contributed by atoms with E-state index >= 15 is 0 Å². The zero-order valence-electron chi connectivity index (χ0n) is 23.1. The van der Waals surface area contributed by atoms with Crippen molar-refractivity contribution in [2.75, 3.05) is 13.2 Å². The predicted molar refractivity (Wildman–Crippen MR) is 146 cm³/mol. The highest BCUT2D eigenvalue weighted by atomic mass is 16.5. The van der Waals surface area contributed by atoms with Gasteiger partial charge < -0.3 is 9.47 Å². The number of carbonyl (C=O) groups is 2. The highest BCUT2D eigenvalue weighted by molar-refractivity contribution is 6.03. The van der Waals surface area contributed by atoms with Crippen LogP contribution in [0.4, 0.5) is 0 Å². The van der Waals surface area contributed by atoms with E-state index in [9.17, 15) is 9.59 Å². The lowest BCUT2D eigenvalue weighted by Crippen LogP contribution is -2.15. The lowest BCUT2D eigenvalue weighted by molar-refractivity contribution is 0.0450. The Kier molecular flexibility index (Phi) is 18.1. The third kappa shape index (κ3) is 16.5. The van der Waals surface area contributed by atoms with Gasteiger partial charge in [-0.2, -0.15) is 0 Å². The summed E-state index contributed by atoms with van der Waals surface area (Å²) < 4.78 is 10.9. The van der Waals surface area contributed by atoms with E-state index in [1.54, 1.807) is 24.3 Å². The van der Waals surface area contributed by atoms with Crippen LogP contribution in [0.25, 0.3) is 0 Å². The van der Waals surface area contributed by atoms with Crippen LogP contribution in [0, 0.1) is 11.8 Å². The molecule has 0 fully saturated rings. The number of unbranched alkanes of at least 4 members (excludes halogenated alkanes) is 11. The molecule has 35 heavy (non-hydrogen) atoms. The van der Waals surface area contributed by atoms with Crippen LogP contribution in [0.2, 0.25) is 0 Å². The highest BCUT2D eigenvalue weighted by Gasteiger charge is 2.18. The van der Waals surface area contributed by atoms with E-state index in [4.69, 9.17) is 9.47 Å². The minimum Gasteiger partial charge on any atom is -0.462 e. The average Bonchev–Trinajstić information content (AvgIpc) is 2.83. The largest absolute Gasteiger partial charge is 0.462 e. The van der Waals surface area contributed by atoms with Crippen molar-refractivity contribution in [2.45, 2.75) is 124 Å². The lowest BCUT2D eigenvalue weighted by Gasteiger charge is -2.10. The maximum Gasteiger partial charge on any atom is 0.339 e. The molecule has 0 aliphatic heterocycles. The Morgan fingerprint density at radius 2 is 0.857 bits per heavy atom. The van der Waals surface area contributed by atoms with E-state index in [-0.39, 0.29) is 0 Å². The number of ether oxygens (including phenoxy) is 2. The fraction of sp³-hybridized carbons (Fsp3) is 0.742. The number of esters is 2. The molecule has 0 saturated heterocycles. The summed E-state index contributed by atoms with van der Waals surface area (Å²) in [5.74, 6) is 0.712. The van der Waals surface area contributed by atoms with Crippen molar-refractivity contribution in [3.8, 4) is 0 Å². The van der Waals surface area contributed by atoms with Crippen LogP contribution < -0.4 is 0 Å². The number of carbonyl (C=O) groups excluding carboxylic acids is 2. The zero-order valence-corrected chi connectivity index (χ0v) is 23.1. The van der Waals surface area contributed by atoms with E-state index in [1.165, 1.54) is 70.6 Å². The van der Waals surface area contributed by atoms with Gasteiger partial charge in [0.15, 0.2) is 0 Å². The van der Waals surface area contributed by atoms with Crippen molar-refractivity contribution in [1.82, 2.24) is 0 Å². The molecule has 4 nitrogen and oxygen atoms in total. The molecular weight excluding hydrogens is 436 g/mol. The van der Waals surface area contributed by atoms with Gasteiger partial charge in [-0.05, 0) is 36.8 Å². The molecule has 0 aromatic heterocycles. The first-order chi connectivity index (χ1) is 16.9. The van der Waals surface area contributed by atoms with Crippen molar-refractivity contribution in [3.05, 3.63) is 35.4 Å². The Bertz CT molecular complexity index is 680. The molecule has 0 bridgehead atoms. The molecule has 0 N–H and O–H groups in total. The Balaban J connectivity index is 2.19. The normalized spacial score (nSPS) is 11.3. The topological polar surface area (TPSA) is 52.6 Å². The number of rotatable bonds is 21. The smallest absolute Gasteiger partial charge is 0.339 e. The summed E-state index contributed by atoms with van der Waals surface area (Å²) in [6.45, 7) is 9.88. The maximum atomic E-state index is 12.5. The highest BCUT2D eigenvalue weighted by Crippen LogP contribution is 2.15. The van der Waals surface area contributed by atoms with Crippen LogP contribution in [0.5, 0.6) is 0 Å². The molecule has 0 aliphatic rings. The van der Waals surface area contributed by atoms with Crippen molar-refractivity contribution in [1.29, 1.82) is 0 Å². The molecule has 200 valence electrons. The van der Waals surface area contributed by atoms with Crippen LogP contribution in [0.3, 0.4) is 0 Å². The summed E-state index contributed by atoms with van der Waals surface area (Å²) in [7, 11) is 0. The van der Waals surface area contributed by atoms with Crippen LogP contribution in [-0.2, 0) is 9.47 Å². The van der Waals surface area contributed by atoms with Gasteiger partial charge in [-0.1, -0.05) is 123 Å². The number of benzene rings is 1. The fourth-order valence-electron chi connectivity index (χ4n) is 4.22. The molecule has 0 unspecified atom stereocenters. The first-order valence-corrected chi connectivity index (χ1v) is 14.3. The number of hydrogen-bond acceptors (Lipinski definition) is 4. The Labute approximate surface area is 215 Å². The summed E-state index contributed by atoms with van der Waals surface area (Å²) in [5, 5.41) is 0. The molecule has 1 aromatic rings. The van der Waals surface area contributed by atoms with Crippen LogP contribution in [0.15, 0.2) is 24.3 Å². The molecule has 0 atom stereocenters. The van der Waals surface area contributed by atoms with Gasteiger partial charge >= 0.3 is 11.9 Å². The van der Waals surface area contributed by atoms with Gasteiger partial charge in [0.1, 0.15) is 0 Å². The van der Waals surface area contributed by atoms with Gasteiger partial charge in [0, 0.05) is 0 Å². The van der Waals surface area contributed by atoms with Gasteiger partial charge in [0.25, 0.3) is 0 Å². The molecule has 1 aromatic carbocycles. The van der Waals surface area contributed by atoms with E-state index < -0.39 is 11.9 Å². The lowest BCUT2D eigenvalue weighted by atomic mass is 10.0. The van der Waals surface area contributed by atoms with Gasteiger partial charge in [-0.25, -0.2) is 9.59 Å². The SMILES string of the molecule is CC(C)CCCCCCCCCOC(=O)c1ccccc1C(=O)OCCCCCCCCC(C)C. The zero-order chi connectivity index (χ0) is 25.7. The number of hydrogen-bond donors (Lipinski definition) is 0. The molecular formula is C31H52O4. The Morgan fingerprint density at radius 3 is 1.20 bits per heavy atom. The summed E-state index contributed by atoms with van der Waals surface area (Å²) in [6, 6.07) is 6.80. The Morgan fingerprint density at radius 1 is 0.543 bits per heavy atom. The summed E-state index contributed by atoms with van der Waals surface area (Å²) in [4.78, 5) is 25.1. The second kappa shape index (κ2) is 20.4. The van der Waals surface area contributed by atoms with Crippen molar-refractivity contribution in [2.24, 2.45) is 11.8 Å². The van der Waals surface area contributed by atoms with Crippen LogP contribution >= 0.6 is 0 Å². The predicted octanol–water partition coefficient (Wildman–Crippen LogP) is 9.16. The summed E-state index contributed by atoms with van der Waals surface area (Å²) in [5.41, 5.74) is 0.598. The molecule has 0 spiro atoms. The van der Waals surface area contributed by atoms with Crippen LogP contribution in [0.1, 0.15) is 145 Å². The molecule has 4 heteroatoms. The maximum absolute atomic E-state index is 12.5. The second-order valence-corrected chi connectivity index (χ2v) is 10.8. The van der Waals surface area contributed by atoms with Crippen LogP contribution in [-0.4, -0.2) is 25.2 Å². The van der Waals surface area contributed by atoms with Gasteiger partial charge in [-0.15, -0.1) is 0 Å². The van der Waals surface area contributed by atoms with E-state index in [1.807, 2.05) is 0 Å². The molecule has 1 rings (SSSR count). The third-order valence-electron chi connectivity index (χ3n) is 6.43. The Hall–Kier alpha value is -1.84. The molecule has 0 amide bonds. The van der Waals surface area contributed by atoms with E-state index in [0.717, 1.165) is 37.5 Å². The fourth-order valence-corrected chi connectivity index (χ4v) is 4.22. The summed E-state index contributed by atoms with van der Waals surface area (Å²) >= 11 is 0. The standard InChI is InChI=1S/C31H52O4/c1-26(2)20-14-10-6-5-8-12-18-24-34-30(32)28-22-16-17-23-29(28)31(33)35-25-19-13-9-7-11-15-21-27(3)4/h16-17,22-23,26-27H,5-15,18-21,24-25H2,1-4H3. The average molecular weight is 489 g/mol. The monoisotopic (exact) mass is 488 g/mol. The summed E-state index contributed by atoms with van der Waals surface area (Å²) in [6.07, 6.45) is 17.9. The van der Waals surface area contributed by atoms with Crippen molar-refractivity contribution < 1.29 is 19.1 Å². The minimum atomic E-state index is -0.438. The van der Waals surface area contributed by atoms with Crippen molar-refractivity contribution in [3.63, 3.8) is 0 Å². The van der Waals surface area contributed by atoms with Crippen molar-refractivity contribution >= 4 is 11.9 Å². The molecule has 0 aliphatic carbocycles. The molecule has 0 saturated carbocycles. The van der Waals surface area contributed by atoms with E-state index in [0.29, 0.717) is 24.3 Å². The van der Waals surface area contributed by atoms with Gasteiger partial charge in [0.05, 0.1) is 24.3 Å². The third-order valence-corrected chi connectivity index (χ3v) is 6.43. The first kappa shape index (κ1) is 31.2. The van der Waals surface area contributed by atoms with Gasteiger partial charge in [0.2, 0.25) is 0 Å². The minimum absolute atomic E-state index is 0.299. The van der Waals surface area contributed by atoms with E-state index in [2.05, 4.69) is 27.7 Å². The quantitative estimate of drug-likeness (QED) is 0.128. The van der Waals surface area contributed by atoms with Gasteiger partial charge in [-0.3, -0.25) is 0 Å². The second-order valence-electron chi connectivity index (χ2n) is 10.8.